The van der Waals surface area contributed by atoms with Crippen LogP contribution in [0.2, 0.25) is 0 Å². The highest BCUT2D eigenvalue weighted by Crippen LogP contribution is 1.97. The van der Waals surface area contributed by atoms with Crippen molar-refractivity contribution < 1.29 is 4.79 Å². The van der Waals surface area contributed by atoms with Gasteiger partial charge in [0.1, 0.15) is 0 Å². The number of hydrazine groups is 1. The van der Waals surface area contributed by atoms with Gasteiger partial charge < -0.3 is 5.32 Å². The normalized spacial score (nSPS) is 15.5. The van der Waals surface area contributed by atoms with Gasteiger partial charge in [-0.2, -0.15) is 0 Å². The van der Waals surface area contributed by atoms with Crippen molar-refractivity contribution in [3.8, 4) is 0 Å². The molecule has 0 atom stereocenters. The maximum atomic E-state index is 10.8. The summed E-state index contributed by atoms with van der Waals surface area (Å²) >= 11 is 0. The summed E-state index contributed by atoms with van der Waals surface area (Å²) in [5.41, 5.74) is 2.59. The minimum absolute atomic E-state index is 0.275. The SMILES string of the molecule is NNC(=O)C1=CNCC=C1. The molecule has 4 nitrogen and oxygen atoms in total. The van der Waals surface area contributed by atoms with E-state index in [-0.39, 0.29) is 5.91 Å². The summed E-state index contributed by atoms with van der Waals surface area (Å²) in [6.45, 7) is 0.765. The Bertz CT molecular complexity index is 195. The number of hydrogen-bond donors (Lipinski definition) is 3. The first-order chi connectivity index (χ1) is 4.84. The second kappa shape index (κ2) is 3.03. The molecule has 10 heavy (non-hydrogen) atoms. The first-order valence-electron chi connectivity index (χ1n) is 2.95. The molecule has 0 aromatic heterocycles. The van der Waals surface area contributed by atoms with Crippen molar-refractivity contribution in [2.75, 3.05) is 6.54 Å². The molecule has 0 fully saturated rings. The predicted octanol–water partition coefficient (Wildman–Crippen LogP) is -0.980. The van der Waals surface area contributed by atoms with Gasteiger partial charge in [0.05, 0.1) is 5.57 Å². The lowest BCUT2D eigenvalue weighted by atomic mass is 10.2. The highest BCUT2D eigenvalue weighted by atomic mass is 16.2. The molecule has 1 amide bonds. The third kappa shape index (κ3) is 1.35. The van der Waals surface area contributed by atoms with E-state index in [9.17, 15) is 4.79 Å². The number of carbonyl (C=O) groups is 1. The van der Waals surface area contributed by atoms with Crippen molar-refractivity contribution in [1.29, 1.82) is 0 Å². The van der Waals surface area contributed by atoms with E-state index in [1.165, 1.54) is 0 Å². The second-order valence-electron chi connectivity index (χ2n) is 1.88. The minimum Gasteiger partial charge on any atom is -0.387 e. The highest BCUT2D eigenvalue weighted by Gasteiger charge is 2.04. The zero-order valence-electron chi connectivity index (χ0n) is 5.42. The molecule has 0 aliphatic carbocycles. The Morgan fingerprint density at radius 2 is 2.60 bits per heavy atom. The Morgan fingerprint density at radius 3 is 3.10 bits per heavy atom. The van der Waals surface area contributed by atoms with E-state index < -0.39 is 0 Å². The molecule has 1 rings (SSSR count). The molecular formula is C6H9N3O. The molecule has 0 aromatic rings. The topological polar surface area (TPSA) is 67.1 Å². The van der Waals surface area contributed by atoms with Crippen molar-refractivity contribution in [2.24, 2.45) is 5.84 Å². The number of amides is 1. The fourth-order valence-corrected chi connectivity index (χ4v) is 0.695. The average molecular weight is 139 g/mol. The minimum atomic E-state index is -0.275. The third-order valence-corrected chi connectivity index (χ3v) is 1.18. The standard InChI is InChI=1S/C6H9N3O/c7-9-6(10)5-2-1-3-8-4-5/h1-2,4,8H,3,7H2,(H,9,10). The Balaban J connectivity index is 2.63. The fraction of sp³-hybridized carbons (Fsp3) is 0.167. The maximum Gasteiger partial charge on any atom is 0.266 e. The van der Waals surface area contributed by atoms with E-state index in [1.807, 2.05) is 11.5 Å². The average Bonchev–Trinajstić information content (AvgIpc) is 2.05. The molecule has 4 N–H and O–H groups in total. The molecule has 0 bridgehead atoms. The molecule has 0 aromatic carbocycles. The van der Waals surface area contributed by atoms with Crippen LogP contribution in [0, 0.1) is 0 Å². The molecule has 54 valence electrons. The molecule has 1 aliphatic rings. The molecule has 4 heteroatoms. The van der Waals surface area contributed by atoms with Crippen LogP contribution in [0.15, 0.2) is 23.9 Å². The number of rotatable bonds is 1. The van der Waals surface area contributed by atoms with Crippen LogP contribution in [-0.2, 0) is 4.79 Å². The number of dihydropyridines is 1. The van der Waals surface area contributed by atoms with Crippen LogP contribution < -0.4 is 16.6 Å². The van der Waals surface area contributed by atoms with Gasteiger partial charge >= 0.3 is 0 Å². The van der Waals surface area contributed by atoms with Crippen molar-refractivity contribution in [2.45, 2.75) is 0 Å². The van der Waals surface area contributed by atoms with Crippen molar-refractivity contribution in [3.05, 3.63) is 23.9 Å². The Kier molecular flexibility index (Phi) is 2.07. The lowest BCUT2D eigenvalue weighted by Crippen LogP contribution is -2.32. The molecule has 0 spiro atoms. The van der Waals surface area contributed by atoms with Crippen LogP contribution in [0.4, 0.5) is 0 Å². The van der Waals surface area contributed by atoms with Crippen LogP contribution >= 0.6 is 0 Å². The van der Waals surface area contributed by atoms with Gasteiger partial charge in [0.25, 0.3) is 5.91 Å². The molecule has 0 radical (unpaired) electrons. The zero-order valence-corrected chi connectivity index (χ0v) is 5.42. The third-order valence-electron chi connectivity index (χ3n) is 1.18. The van der Waals surface area contributed by atoms with Crippen molar-refractivity contribution in [3.63, 3.8) is 0 Å². The number of nitrogens with two attached hydrogens (primary N) is 1. The van der Waals surface area contributed by atoms with Gasteiger partial charge in [-0.3, -0.25) is 10.2 Å². The van der Waals surface area contributed by atoms with E-state index in [0.717, 1.165) is 6.54 Å². The highest BCUT2D eigenvalue weighted by molar-refractivity contribution is 5.95. The number of hydrogen-bond acceptors (Lipinski definition) is 3. The summed E-state index contributed by atoms with van der Waals surface area (Å²) in [6, 6.07) is 0. The van der Waals surface area contributed by atoms with Crippen LogP contribution in [0.3, 0.4) is 0 Å². The van der Waals surface area contributed by atoms with E-state index in [1.54, 1.807) is 12.3 Å². The fourth-order valence-electron chi connectivity index (χ4n) is 0.695. The second-order valence-corrected chi connectivity index (χ2v) is 1.88. The summed E-state index contributed by atoms with van der Waals surface area (Å²) in [5.74, 6) is 4.63. The van der Waals surface area contributed by atoms with Crippen LogP contribution in [0.25, 0.3) is 0 Å². The largest absolute Gasteiger partial charge is 0.387 e. The molecule has 1 aliphatic heterocycles. The van der Waals surface area contributed by atoms with Crippen LogP contribution in [0.1, 0.15) is 0 Å². The van der Waals surface area contributed by atoms with Crippen LogP contribution in [-0.4, -0.2) is 12.5 Å². The first kappa shape index (κ1) is 6.82. The number of carbonyl (C=O) groups excluding carboxylic acids is 1. The lowest BCUT2D eigenvalue weighted by molar-refractivity contribution is -0.117. The Morgan fingerprint density at radius 1 is 1.80 bits per heavy atom. The summed E-state index contributed by atoms with van der Waals surface area (Å²) < 4.78 is 0. The predicted molar refractivity (Wildman–Crippen MR) is 37.6 cm³/mol. The Hall–Kier alpha value is -1.29. The van der Waals surface area contributed by atoms with E-state index in [2.05, 4.69) is 5.32 Å². The van der Waals surface area contributed by atoms with E-state index in [4.69, 9.17) is 5.84 Å². The monoisotopic (exact) mass is 139 g/mol. The van der Waals surface area contributed by atoms with Gasteiger partial charge in [-0.25, -0.2) is 5.84 Å². The smallest absolute Gasteiger partial charge is 0.266 e. The van der Waals surface area contributed by atoms with Gasteiger partial charge in [-0.05, 0) is 0 Å². The number of nitrogens with one attached hydrogen (secondary N) is 2. The lowest BCUT2D eigenvalue weighted by Gasteiger charge is -2.05. The maximum absolute atomic E-state index is 10.8. The molecule has 1 heterocycles. The first-order valence-corrected chi connectivity index (χ1v) is 2.95. The molecule has 0 saturated carbocycles. The van der Waals surface area contributed by atoms with Crippen molar-refractivity contribution >= 4 is 5.91 Å². The van der Waals surface area contributed by atoms with E-state index in [0.29, 0.717) is 5.57 Å². The summed E-state index contributed by atoms with van der Waals surface area (Å²) in [6.07, 6.45) is 5.20. The summed E-state index contributed by atoms with van der Waals surface area (Å²) in [5, 5.41) is 2.88. The van der Waals surface area contributed by atoms with Crippen LogP contribution in [0.5, 0.6) is 0 Å². The quantitative estimate of drug-likeness (QED) is 0.248. The summed E-state index contributed by atoms with van der Waals surface area (Å²) in [4.78, 5) is 10.8. The van der Waals surface area contributed by atoms with Gasteiger partial charge in [0.2, 0.25) is 0 Å². The zero-order chi connectivity index (χ0) is 7.40. The summed E-state index contributed by atoms with van der Waals surface area (Å²) in [7, 11) is 0. The van der Waals surface area contributed by atoms with Crippen molar-refractivity contribution in [1.82, 2.24) is 10.7 Å². The Labute approximate surface area is 58.8 Å². The molecule has 0 unspecified atom stereocenters. The van der Waals surface area contributed by atoms with Gasteiger partial charge in [0.15, 0.2) is 0 Å². The van der Waals surface area contributed by atoms with E-state index >= 15 is 0 Å². The van der Waals surface area contributed by atoms with Gasteiger partial charge in [0, 0.05) is 12.7 Å². The molecular weight excluding hydrogens is 130 g/mol. The van der Waals surface area contributed by atoms with Gasteiger partial charge in [-0.15, -0.1) is 0 Å². The van der Waals surface area contributed by atoms with Gasteiger partial charge in [-0.1, -0.05) is 12.2 Å². The molecule has 0 saturated heterocycles.